The summed E-state index contributed by atoms with van der Waals surface area (Å²) in [6, 6.07) is 5.10. The summed E-state index contributed by atoms with van der Waals surface area (Å²) in [6.07, 6.45) is 0.858. The molecule has 0 saturated heterocycles. The molecule has 2 aromatic heterocycles. The number of benzene rings is 1. The number of nitrogens with zero attached hydrogens (tertiary/aromatic N) is 3. The Bertz CT molecular complexity index is 989. The first-order valence-electron chi connectivity index (χ1n) is 8.13. The molecule has 6 nitrogen and oxygen atoms in total. The zero-order valence-electron chi connectivity index (χ0n) is 14.7. The van der Waals surface area contributed by atoms with Crippen molar-refractivity contribution in [3.8, 4) is 0 Å². The predicted octanol–water partition coefficient (Wildman–Crippen LogP) is 4.11. The zero-order valence-corrected chi connectivity index (χ0v) is 16.2. The van der Waals surface area contributed by atoms with Crippen LogP contribution in [0.5, 0.6) is 0 Å². The van der Waals surface area contributed by atoms with Gasteiger partial charge >= 0.3 is 0 Å². The van der Waals surface area contributed by atoms with Crippen LogP contribution in [0.15, 0.2) is 18.2 Å². The molecule has 0 atom stereocenters. The number of carbonyl (C=O) groups excluding carboxylic acids is 1. The number of rotatable bonds is 4. The lowest BCUT2D eigenvalue weighted by Crippen LogP contribution is -2.14. The van der Waals surface area contributed by atoms with E-state index in [1.54, 1.807) is 12.1 Å². The van der Waals surface area contributed by atoms with E-state index in [0.29, 0.717) is 34.3 Å². The molecule has 1 amide bonds. The Kier molecular flexibility index (Phi) is 5.07. The van der Waals surface area contributed by atoms with Crippen LogP contribution in [0.1, 0.15) is 29.1 Å². The number of halogens is 2. The Morgan fingerprint density at radius 3 is 2.50 bits per heavy atom. The van der Waals surface area contributed by atoms with Gasteiger partial charge in [0.2, 0.25) is 5.91 Å². The van der Waals surface area contributed by atoms with Crippen molar-refractivity contribution >= 4 is 46.1 Å². The average molecular weight is 392 g/mol. The molecule has 0 bridgehead atoms. The molecular weight excluding hydrogens is 373 g/mol. The standard InChI is InChI=1S/C18H19Cl2N5O/c1-9-6-16-22-10(2)13(11(3)25(16)24-9)4-5-17(26)23-12-7-14(19)18(21)15(20)8-12/h6-8H,4-5,21H2,1-3H3,(H,23,26). The summed E-state index contributed by atoms with van der Waals surface area (Å²) in [7, 11) is 0. The Labute approximate surface area is 161 Å². The molecule has 0 fully saturated rings. The lowest BCUT2D eigenvalue weighted by atomic mass is 10.1. The summed E-state index contributed by atoms with van der Waals surface area (Å²) < 4.78 is 1.81. The first kappa shape index (κ1) is 18.5. The van der Waals surface area contributed by atoms with Crippen LogP contribution in [0.2, 0.25) is 10.0 Å². The second-order valence-electron chi connectivity index (χ2n) is 6.22. The third-order valence-corrected chi connectivity index (χ3v) is 4.88. The van der Waals surface area contributed by atoms with Gasteiger partial charge < -0.3 is 11.1 Å². The number of nitrogens with two attached hydrogens (primary N) is 1. The van der Waals surface area contributed by atoms with Gasteiger partial charge in [-0.15, -0.1) is 0 Å². The molecule has 0 unspecified atom stereocenters. The van der Waals surface area contributed by atoms with Crippen molar-refractivity contribution in [2.45, 2.75) is 33.6 Å². The summed E-state index contributed by atoms with van der Waals surface area (Å²) in [5.41, 5.74) is 11.2. The molecule has 0 spiro atoms. The van der Waals surface area contributed by atoms with E-state index >= 15 is 0 Å². The Balaban J connectivity index is 1.75. The van der Waals surface area contributed by atoms with Crippen molar-refractivity contribution in [2.75, 3.05) is 11.1 Å². The van der Waals surface area contributed by atoms with Crippen molar-refractivity contribution in [3.63, 3.8) is 0 Å². The van der Waals surface area contributed by atoms with Gasteiger partial charge in [-0.25, -0.2) is 9.50 Å². The Hall–Kier alpha value is -2.31. The number of carbonyl (C=O) groups is 1. The molecule has 2 heterocycles. The van der Waals surface area contributed by atoms with Gasteiger partial charge in [0.1, 0.15) is 0 Å². The smallest absolute Gasteiger partial charge is 0.224 e. The molecule has 136 valence electrons. The first-order valence-corrected chi connectivity index (χ1v) is 8.88. The van der Waals surface area contributed by atoms with Gasteiger partial charge in [-0.2, -0.15) is 5.10 Å². The van der Waals surface area contributed by atoms with Crippen LogP contribution in [-0.4, -0.2) is 20.5 Å². The van der Waals surface area contributed by atoms with Crippen LogP contribution in [0, 0.1) is 20.8 Å². The van der Waals surface area contributed by atoms with Gasteiger partial charge in [0.25, 0.3) is 0 Å². The number of hydrogen-bond donors (Lipinski definition) is 2. The predicted molar refractivity (Wildman–Crippen MR) is 105 cm³/mol. The maximum absolute atomic E-state index is 12.3. The summed E-state index contributed by atoms with van der Waals surface area (Å²) in [4.78, 5) is 16.9. The van der Waals surface area contributed by atoms with E-state index in [9.17, 15) is 4.79 Å². The lowest BCUT2D eigenvalue weighted by Gasteiger charge is -2.12. The van der Waals surface area contributed by atoms with Gasteiger partial charge in [0.15, 0.2) is 5.65 Å². The zero-order chi connectivity index (χ0) is 19.0. The third kappa shape index (κ3) is 3.61. The van der Waals surface area contributed by atoms with Gasteiger partial charge in [-0.05, 0) is 44.9 Å². The number of aryl methyl sites for hydroxylation is 3. The number of aromatic nitrogens is 3. The number of hydrogen-bond acceptors (Lipinski definition) is 4. The van der Waals surface area contributed by atoms with Crippen molar-refractivity contribution in [2.24, 2.45) is 0 Å². The summed E-state index contributed by atoms with van der Waals surface area (Å²) in [5, 5.41) is 7.86. The topological polar surface area (TPSA) is 85.3 Å². The molecule has 0 aliphatic rings. The van der Waals surface area contributed by atoms with Crippen LogP contribution in [-0.2, 0) is 11.2 Å². The van der Waals surface area contributed by atoms with E-state index in [4.69, 9.17) is 28.9 Å². The lowest BCUT2D eigenvalue weighted by molar-refractivity contribution is -0.116. The SMILES string of the molecule is Cc1cc2nc(C)c(CCC(=O)Nc3cc(Cl)c(N)c(Cl)c3)c(C)n2n1. The molecule has 26 heavy (non-hydrogen) atoms. The fourth-order valence-electron chi connectivity index (χ4n) is 2.92. The highest BCUT2D eigenvalue weighted by molar-refractivity contribution is 6.39. The molecular formula is C18H19Cl2N5O. The molecule has 1 aromatic carbocycles. The maximum Gasteiger partial charge on any atom is 0.224 e. The van der Waals surface area contributed by atoms with E-state index in [1.807, 2.05) is 31.4 Å². The third-order valence-electron chi connectivity index (χ3n) is 4.25. The summed E-state index contributed by atoms with van der Waals surface area (Å²) in [6.45, 7) is 5.86. The summed E-state index contributed by atoms with van der Waals surface area (Å²) >= 11 is 12.0. The number of fused-ring (bicyclic) bond motifs is 1. The normalized spacial score (nSPS) is 11.1. The molecule has 8 heteroatoms. The minimum atomic E-state index is -0.141. The second kappa shape index (κ2) is 7.13. The molecule has 0 radical (unpaired) electrons. The number of anilines is 2. The minimum Gasteiger partial charge on any atom is -0.396 e. The Morgan fingerprint density at radius 2 is 1.85 bits per heavy atom. The van der Waals surface area contributed by atoms with Gasteiger partial charge in [0.05, 0.1) is 21.4 Å². The second-order valence-corrected chi connectivity index (χ2v) is 7.03. The molecule has 3 rings (SSSR count). The number of nitrogens with one attached hydrogen (secondary N) is 1. The van der Waals surface area contributed by atoms with Gasteiger partial charge in [-0.1, -0.05) is 23.2 Å². The molecule has 0 aliphatic heterocycles. The summed E-state index contributed by atoms with van der Waals surface area (Å²) in [5.74, 6) is -0.141. The molecule has 0 aliphatic carbocycles. The largest absolute Gasteiger partial charge is 0.396 e. The van der Waals surface area contributed by atoms with Crippen molar-refractivity contribution in [3.05, 3.63) is 50.9 Å². The van der Waals surface area contributed by atoms with E-state index < -0.39 is 0 Å². The van der Waals surface area contributed by atoms with Crippen LogP contribution in [0.25, 0.3) is 5.65 Å². The van der Waals surface area contributed by atoms with Gasteiger partial charge in [0, 0.05) is 29.6 Å². The Morgan fingerprint density at radius 1 is 1.19 bits per heavy atom. The fraction of sp³-hybridized carbons (Fsp3) is 0.278. The van der Waals surface area contributed by atoms with Crippen molar-refractivity contribution < 1.29 is 4.79 Å². The number of nitrogen functional groups attached to an aromatic ring is 1. The van der Waals surface area contributed by atoms with E-state index in [-0.39, 0.29) is 5.91 Å². The minimum absolute atomic E-state index is 0.141. The van der Waals surface area contributed by atoms with E-state index in [2.05, 4.69) is 15.4 Å². The quantitative estimate of drug-likeness (QED) is 0.655. The molecule has 3 N–H and O–H groups in total. The maximum atomic E-state index is 12.3. The van der Waals surface area contributed by atoms with Gasteiger partial charge in [-0.3, -0.25) is 4.79 Å². The number of amides is 1. The fourth-order valence-corrected chi connectivity index (χ4v) is 3.41. The molecule has 3 aromatic rings. The van der Waals surface area contributed by atoms with Crippen molar-refractivity contribution in [1.29, 1.82) is 0 Å². The molecule has 0 saturated carbocycles. The average Bonchev–Trinajstić information content (AvgIpc) is 2.92. The first-order chi connectivity index (χ1) is 12.3. The highest BCUT2D eigenvalue weighted by atomic mass is 35.5. The van der Waals surface area contributed by atoms with E-state index in [0.717, 1.165) is 28.3 Å². The monoisotopic (exact) mass is 391 g/mol. The van der Waals surface area contributed by atoms with E-state index in [1.165, 1.54) is 0 Å². The highest BCUT2D eigenvalue weighted by Gasteiger charge is 2.13. The highest BCUT2D eigenvalue weighted by Crippen LogP contribution is 2.31. The van der Waals surface area contributed by atoms with Crippen LogP contribution >= 0.6 is 23.2 Å². The van der Waals surface area contributed by atoms with Crippen LogP contribution in [0.4, 0.5) is 11.4 Å². The van der Waals surface area contributed by atoms with Crippen LogP contribution < -0.4 is 11.1 Å². The van der Waals surface area contributed by atoms with Crippen molar-refractivity contribution in [1.82, 2.24) is 14.6 Å². The van der Waals surface area contributed by atoms with Crippen LogP contribution in [0.3, 0.4) is 0 Å².